The van der Waals surface area contributed by atoms with Crippen molar-refractivity contribution >= 4 is 52.2 Å². The van der Waals surface area contributed by atoms with E-state index in [2.05, 4.69) is 37.0 Å². The van der Waals surface area contributed by atoms with Gasteiger partial charge in [0.1, 0.15) is 11.3 Å². The van der Waals surface area contributed by atoms with Gasteiger partial charge in [-0.2, -0.15) is 9.97 Å². The number of nitrogen functional groups attached to an aromatic ring is 1. The summed E-state index contributed by atoms with van der Waals surface area (Å²) in [5.41, 5.74) is 8.60. The Labute approximate surface area is 218 Å². The summed E-state index contributed by atoms with van der Waals surface area (Å²) in [5, 5.41) is 1.41. The number of aromatic nitrogens is 4. The van der Waals surface area contributed by atoms with Crippen LogP contribution < -0.4 is 15.4 Å². The molecule has 1 aliphatic heterocycles. The molecule has 0 radical (unpaired) electrons. The fraction of sp³-hybridized carbons (Fsp3) is 0.280. The fourth-order valence-corrected chi connectivity index (χ4v) is 5.00. The van der Waals surface area contributed by atoms with Gasteiger partial charge in [0.2, 0.25) is 5.95 Å². The Morgan fingerprint density at radius 1 is 1.03 bits per heavy atom. The van der Waals surface area contributed by atoms with Crippen molar-refractivity contribution in [2.75, 3.05) is 49.2 Å². The van der Waals surface area contributed by atoms with Crippen molar-refractivity contribution in [2.24, 2.45) is 0 Å². The van der Waals surface area contributed by atoms with Crippen LogP contribution in [0.4, 0.5) is 11.8 Å². The lowest BCUT2D eigenvalue weighted by Crippen LogP contribution is -2.50. The molecule has 0 atom stereocenters. The Morgan fingerprint density at radius 2 is 1.78 bits per heavy atom. The van der Waals surface area contributed by atoms with Crippen LogP contribution in [0.5, 0.6) is 5.75 Å². The quantitative estimate of drug-likeness (QED) is 0.336. The van der Waals surface area contributed by atoms with Gasteiger partial charge < -0.3 is 25.3 Å². The minimum Gasteiger partial charge on any atom is -0.484 e. The smallest absolute Gasteiger partial charge is 0.260 e. The monoisotopic (exact) mass is 523 g/mol. The number of amides is 1. The zero-order valence-electron chi connectivity index (χ0n) is 19.6. The molecule has 1 aliphatic rings. The normalized spacial score (nSPS) is 13.8. The first-order valence-electron chi connectivity index (χ1n) is 11.7. The summed E-state index contributed by atoms with van der Waals surface area (Å²) in [4.78, 5) is 33.4. The van der Waals surface area contributed by atoms with Crippen molar-refractivity contribution in [1.82, 2.24) is 24.8 Å². The van der Waals surface area contributed by atoms with Gasteiger partial charge in [-0.3, -0.25) is 4.79 Å². The maximum absolute atomic E-state index is 12.6. The Morgan fingerprint density at radius 3 is 2.53 bits per heavy atom. The van der Waals surface area contributed by atoms with Gasteiger partial charge in [-0.05, 0) is 36.2 Å². The van der Waals surface area contributed by atoms with Gasteiger partial charge in [0.05, 0.1) is 0 Å². The fourth-order valence-electron chi connectivity index (χ4n) is 4.02. The number of hydrogen-bond donors (Lipinski definition) is 2. The number of nitrogens with one attached hydrogen (secondary N) is 1. The molecule has 0 bridgehead atoms. The largest absolute Gasteiger partial charge is 0.484 e. The standard InChI is InChI=1S/C25H26ClN7O2S/c26-18-6-8-19(9-7-18)35-16-20(34)32-11-13-33(14-12-32)23-21-22(29-24(27)31-23)30-25(28-21)36-15-10-17-4-2-1-3-5-17/h1-9H,10-16H2,(H3,27,28,29,30,31). The van der Waals surface area contributed by atoms with Crippen LogP contribution in [0.25, 0.3) is 11.2 Å². The summed E-state index contributed by atoms with van der Waals surface area (Å²) in [6.45, 7) is 2.33. The van der Waals surface area contributed by atoms with E-state index < -0.39 is 0 Å². The molecular formula is C25H26ClN7O2S. The van der Waals surface area contributed by atoms with E-state index in [1.807, 2.05) is 18.2 Å². The number of benzene rings is 2. The van der Waals surface area contributed by atoms with Crippen LogP contribution in [0, 0.1) is 0 Å². The summed E-state index contributed by atoms with van der Waals surface area (Å²) in [7, 11) is 0. The van der Waals surface area contributed by atoms with Gasteiger partial charge in [-0.1, -0.05) is 53.7 Å². The van der Waals surface area contributed by atoms with E-state index in [1.54, 1.807) is 40.9 Å². The zero-order valence-corrected chi connectivity index (χ0v) is 21.1. The number of ether oxygens (including phenoxy) is 1. The lowest BCUT2D eigenvalue weighted by molar-refractivity contribution is -0.133. The Kier molecular flexibility index (Phi) is 7.43. The Balaban J connectivity index is 1.19. The van der Waals surface area contributed by atoms with Gasteiger partial charge in [0.15, 0.2) is 23.2 Å². The highest BCUT2D eigenvalue weighted by Crippen LogP contribution is 2.27. The molecule has 0 aliphatic carbocycles. The number of thioether (sulfide) groups is 1. The Bertz CT molecular complexity index is 1330. The van der Waals surface area contributed by atoms with E-state index in [4.69, 9.17) is 22.1 Å². The van der Waals surface area contributed by atoms with Gasteiger partial charge >= 0.3 is 0 Å². The predicted octanol–water partition coefficient (Wildman–Crippen LogP) is 3.65. The van der Waals surface area contributed by atoms with Crippen molar-refractivity contribution in [3.63, 3.8) is 0 Å². The molecule has 9 nitrogen and oxygen atoms in total. The highest BCUT2D eigenvalue weighted by molar-refractivity contribution is 7.99. The number of halogens is 1. The molecule has 36 heavy (non-hydrogen) atoms. The van der Waals surface area contributed by atoms with Crippen molar-refractivity contribution in [3.8, 4) is 5.75 Å². The van der Waals surface area contributed by atoms with Gasteiger partial charge in [0, 0.05) is 37.0 Å². The first-order valence-corrected chi connectivity index (χ1v) is 13.0. The molecule has 0 spiro atoms. The SMILES string of the molecule is Nc1nc(N2CCN(C(=O)COc3ccc(Cl)cc3)CC2)c2[nH]c(SCCc3ccccc3)nc2n1. The number of hydrogen-bond acceptors (Lipinski definition) is 8. The maximum atomic E-state index is 12.6. The number of carbonyl (C=O) groups excluding carboxylic acids is 1. The number of nitrogens with zero attached hydrogens (tertiary/aromatic N) is 5. The highest BCUT2D eigenvalue weighted by Gasteiger charge is 2.25. The molecule has 1 amide bonds. The Hall–Kier alpha value is -3.50. The molecule has 2 aromatic heterocycles. The number of anilines is 2. The van der Waals surface area contributed by atoms with Crippen LogP contribution >= 0.6 is 23.4 Å². The van der Waals surface area contributed by atoms with Gasteiger partial charge in [0.25, 0.3) is 5.91 Å². The topological polar surface area (TPSA) is 113 Å². The number of nitrogens with two attached hydrogens (primary N) is 1. The van der Waals surface area contributed by atoms with Crippen molar-refractivity contribution < 1.29 is 9.53 Å². The summed E-state index contributed by atoms with van der Waals surface area (Å²) < 4.78 is 5.61. The van der Waals surface area contributed by atoms with Crippen LogP contribution in [0.1, 0.15) is 5.56 Å². The molecular weight excluding hydrogens is 498 g/mol. The first kappa shape index (κ1) is 24.2. The lowest BCUT2D eigenvalue weighted by Gasteiger charge is -2.35. The second kappa shape index (κ2) is 11.0. The zero-order chi connectivity index (χ0) is 24.9. The molecule has 1 fully saturated rings. The average molecular weight is 524 g/mol. The number of rotatable bonds is 8. The lowest BCUT2D eigenvalue weighted by atomic mass is 10.2. The number of aromatic amines is 1. The minimum absolute atomic E-state index is 0.0174. The third-order valence-electron chi connectivity index (χ3n) is 5.91. The average Bonchev–Trinajstić information content (AvgIpc) is 3.31. The van der Waals surface area contributed by atoms with Crippen LogP contribution in [0.15, 0.2) is 59.8 Å². The van der Waals surface area contributed by atoms with Crippen molar-refractivity contribution in [2.45, 2.75) is 11.6 Å². The molecule has 5 rings (SSSR count). The van der Waals surface area contributed by atoms with Crippen LogP contribution in [-0.2, 0) is 11.2 Å². The molecule has 2 aromatic carbocycles. The second-order valence-electron chi connectivity index (χ2n) is 8.34. The highest BCUT2D eigenvalue weighted by atomic mass is 35.5. The van der Waals surface area contributed by atoms with E-state index in [-0.39, 0.29) is 18.5 Å². The van der Waals surface area contributed by atoms with E-state index in [1.165, 1.54) is 5.56 Å². The summed E-state index contributed by atoms with van der Waals surface area (Å²) in [6.07, 6.45) is 0.945. The number of aryl methyl sites for hydroxylation is 1. The summed E-state index contributed by atoms with van der Waals surface area (Å²) >= 11 is 7.54. The molecule has 1 saturated heterocycles. The van der Waals surface area contributed by atoms with Crippen LogP contribution in [0.3, 0.4) is 0 Å². The van der Waals surface area contributed by atoms with Gasteiger partial charge in [-0.25, -0.2) is 4.98 Å². The minimum atomic E-state index is -0.0596. The number of imidazole rings is 1. The molecule has 0 saturated carbocycles. The first-order chi connectivity index (χ1) is 17.5. The van der Waals surface area contributed by atoms with E-state index in [0.717, 1.165) is 22.8 Å². The van der Waals surface area contributed by atoms with E-state index in [9.17, 15) is 4.79 Å². The molecule has 3 N–H and O–H groups in total. The molecule has 4 aromatic rings. The number of H-pyrrole nitrogens is 1. The number of fused-ring (bicyclic) bond motifs is 1. The number of carbonyl (C=O) groups is 1. The van der Waals surface area contributed by atoms with Crippen molar-refractivity contribution in [3.05, 3.63) is 65.2 Å². The second-order valence-corrected chi connectivity index (χ2v) is 9.86. The summed E-state index contributed by atoms with van der Waals surface area (Å²) in [6, 6.07) is 17.3. The molecule has 11 heteroatoms. The number of piperazine rings is 1. The predicted molar refractivity (Wildman–Crippen MR) is 143 cm³/mol. The maximum Gasteiger partial charge on any atom is 0.260 e. The molecule has 0 unspecified atom stereocenters. The van der Waals surface area contributed by atoms with Crippen LogP contribution in [-0.4, -0.2) is 69.3 Å². The van der Waals surface area contributed by atoms with Crippen molar-refractivity contribution in [1.29, 1.82) is 0 Å². The summed E-state index contributed by atoms with van der Waals surface area (Å²) in [5.74, 6) is 2.34. The van der Waals surface area contributed by atoms with E-state index >= 15 is 0 Å². The molecule has 3 heterocycles. The molecule has 186 valence electrons. The van der Waals surface area contributed by atoms with Gasteiger partial charge in [-0.15, -0.1) is 0 Å². The third kappa shape index (κ3) is 5.83. The van der Waals surface area contributed by atoms with E-state index in [0.29, 0.717) is 48.4 Å². The van der Waals surface area contributed by atoms with Crippen LogP contribution in [0.2, 0.25) is 5.02 Å². The third-order valence-corrected chi connectivity index (χ3v) is 7.03.